The van der Waals surface area contributed by atoms with Gasteiger partial charge in [0.2, 0.25) is 0 Å². The first-order chi connectivity index (χ1) is 15.0. The van der Waals surface area contributed by atoms with Crippen molar-refractivity contribution in [2.45, 2.75) is 19.1 Å². The van der Waals surface area contributed by atoms with Crippen molar-refractivity contribution < 1.29 is 12.8 Å². The van der Waals surface area contributed by atoms with Crippen LogP contribution in [0.4, 0.5) is 4.39 Å². The van der Waals surface area contributed by atoms with Gasteiger partial charge in [-0.25, -0.2) is 12.8 Å². The highest BCUT2D eigenvalue weighted by Gasteiger charge is 2.18. The van der Waals surface area contributed by atoms with Crippen LogP contribution in [0.2, 0.25) is 0 Å². The SMILES string of the molecule is Cc1cc(-c2cc(CS(C)(=O)=O)c3c(c2)c(Cc2ccc(F)cc2)nn3C)cn(C)c1=O. The molecule has 4 rings (SSSR count). The van der Waals surface area contributed by atoms with Crippen LogP contribution in [0.3, 0.4) is 0 Å². The van der Waals surface area contributed by atoms with E-state index in [0.717, 1.165) is 33.3 Å². The quantitative estimate of drug-likeness (QED) is 0.463. The second-order valence-electron chi connectivity index (χ2n) is 8.30. The summed E-state index contributed by atoms with van der Waals surface area (Å²) in [6.07, 6.45) is 3.43. The number of pyridine rings is 1. The van der Waals surface area contributed by atoms with Crippen LogP contribution in [-0.2, 0) is 36.1 Å². The molecule has 166 valence electrons. The smallest absolute Gasteiger partial charge is 0.253 e. The molecule has 0 saturated carbocycles. The predicted molar refractivity (Wildman–Crippen MR) is 124 cm³/mol. The van der Waals surface area contributed by atoms with E-state index in [1.54, 1.807) is 44.0 Å². The second-order valence-corrected chi connectivity index (χ2v) is 10.4. The predicted octanol–water partition coefficient (Wildman–Crippen LogP) is 3.52. The fraction of sp³-hybridized carbons (Fsp3) is 0.250. The van der Waals surface area contributed by atoms with Crippen LogP contribution in [0.5, 0.6) is 0 Å². The fourth-order valence-electron chi connectivity index (χ4n) is 4.10. The Kier molecular flexibility index (Phi) is 5.50. The minimum Gasteiger partial charge on any atom is -0.318 e. The number of halogens is 1. The number of fused-ring (bicyclic) bond motifs is 1. The van der Waals surface area contributed by atoms with Crippen molar-refractivity contribution in [2.75, 3.05) is 6.26 Å². The third-order valence-electron chi connectivity index (χ3n) is 5.49. The lowest BCUT2D eigenvalue weighted by atomic mass is 9.98. The second kappa shape index (κ2) is 8.02. The Morgan fingerprint density at radius 3 is 2.34 bits per heavy atom. The van der Waals surface area contributed by atoms with Gasteiger partial charge in [-0.2, -0.15) is 5.10 Å². The van der Waals surface area contributed by atoms with Gasteiger partial charge in [-0.15, -0.1) is 0 Å². The Bertz CT molecular complexity index is 1470. The zero-order chi connectivity index (χ0) is 23.2. The van der Waals surface area contributed by atoms with Crippen LogP contribution in [0.15, 0.2) is 53.5 Å². The molecule has 2 aromatic carbocycles. The number of hydrogen-bond acceptors (Lipinski definition) is 4. The van der Waals surface area contributed by atoms with Gasteiger partial charge in [0.15, 0.2) is 9.84 Å². The summed E-state index contributed by atoms with van der Waals surface area (Å²) in [6, 6.07) is 11.9. The van der Waals surface area contributed by atoms with Crippen LogP contribution in [0, 0.1) is 12.7 Å². The molecule has 0 radical (unpaired) electrons. The Balaban J connectivity index is 1.95. The molecular formula is C24H24FN3O3S. The van der Waals surface area contributed by atoms with Crippen LogP contribution in [-0.4, -0.2) is 29.0 Å². The van der Waals surface area contributed by atoms with Crippen molar-refractivity contribution in [3.8, 4) is 11.1 Å². The van der Waals surface area contributed by atoms with Gasteiger partial charge in [-0.1, -0.05) is 12.1 Å². The van der Waals surface area contributed by atoms with E-state index in [1.165, 1.54) is 23.0 Å². The lowest BCUT2D eigenvalue weighted by Gasteiger charge is -2.11. The number of rotatable bonds is 5. The lowest BCUT2D eigenvalue weighted by Crippen LogP contribution is -2.18. The zero-order valence-electron chi connectivity index (χ0n) is 18.4. The minimum atomic E-state index is -3.30. The molecule has 0 aliphatic carbocycles. The zero-order valence-corrected chi connectivity index (χ0v) is 19.2. The van der Waals surface area contributed by atoms with Crippen molar-refractivity contribution in [1.29, 1.82) is 0 Å². The molecule has 0 aliphatic heterocycles. The topological polar surface area (TPSA) is 74.0 Å². The van der Waals surface area contributed by atoms with Gasteiger partial charge in [-0.3, -0.25) is 9.48 Å². The maximum atomic E-state index is 13.3. The summed E-state index contributed by atoms with van der Waals surface area (Å²) in [4.78, 5) is 12.1. The average Bonchev–Trinajstić information content (AvgIpc) is 3.02. The van der Waals surface area contributed by atoms with E-state index in [-0.39, 0.29) is 17.1 Å². The molecule has 0 saturated heterocycles. The van der Waals surface area contributed by atoms with Crippen molar-refractivity contribution in [2.24, 2.45) is 14.1 Å². The van der Waals surface area contributed by atoms with Gasteiger partial charge in [0.05, 0.1) is 17.0 Å². The number of aryl methyl sites for hydroxylation is 3. The molecule has 0 amide bonds. The van der Waals surface area contributed by atoms with E-state index < -0.39 is 9.84 Å². The summed E-state index contributed by atoms with van der Waals surface area (Å²) >= 11 is 0. The Labute approximate surface area is 185 Å². The summed E-state index contributed by atoms with van der Waals surface area (Å²) in [6.45, 7) is 1.76. The summed E-state index contributed by atoms with van der Waals surface area (Å²) in [5, 5.41) is 5.49. The molecule has 0 atom stereocenters. The van der Waals surface area contributed by atoms with E-state index >= 15 is 0 Å². The lowest BCUT2D eigenvalue weighted by molar-refractivity contribution is 0.601. The van der Waals surface area contributed by atoms with Crippen LogP contribution < -0.4 is 5.56 Å². The highest BCUT2D eigenvalue weighted by atomic mass is 32.2. The third kappa shape index (κ3) is 4.36. The Morgan fingerprint density at radius 2 is 1.72 bits per heavy atom. The van der Waals surface area contributed by atoms with Gasteiger partial charge >= 0.3 is 0 Å². The van der Waals surface area contributed by atoms with Crippen molar-refractivity contribution >= 4 is 20.7 Å². The molecule has 2 heterocycles. The highest BCUT2D eigenvalue weighted by molar-refractivity contribution is 7.89. The van der Waals surface area contributed by atoms with Crippen LogP contribution >= 0.6 is 0 Å². The highest BCUT2D eigenvalue weighted by Crippen LogP contribution is 2.31. The Morgan fingerprint density at radius 1 is 1.03 bits per heavy atom. The average molecular weight is 454 g/mol. The first-order valence-corrected chi connectivity index (χ1v) is 12.2. The van der Waals surface area contributed by atoms with Gasteiger partial charge in [-0.05, 0) is 59.5 Å². The van der Waals surface area contributed by atoms with Gasteiger partial charge in [0.1, 0.15) is 5.82 Å². The van der Waals surface area contributed by atoms with Gasteiger partial charge in [0.25, 0.3) is 5.56 Å². The van der Waals surface area contributed by atoms with E-state index in [9.17, 15) is 17.6 Å². The normalized spacial score (nSPS) is 11.9. The van der Waals surface area contributed by atoms with Gasteiger partial charge in [0, 0.05) is 43.9 Å². The molecule has 32 heavy (non-hydrogen) atoms. The molecule has 8 heteroatoms. The first kappa shape index (κ1) is 22.0. The number of benzene rings is 2. The van der Waals surface area contributed by atoms with Crippen molar-refractivity contribution in [3.05, 3.63) is 87.2 Å². The van der Waals surface area contributed by atoms with E-state index in [2.05, 4.69) is 5.10 Å². The molecule has 0 fully saturated rings. The minimum absolute atomic E-state index is 0.0791. The van der Waals surface area contributed by atoms with Crippen molar-refractivity contribution in [3.63, 3.8) is 0 Å². The van der Waals surface area contributed by atoms with E-state index in [4.69, 9.17) is 0 Å². The number of aromatic nitrogens is 3. The standard InChI is InChI=1S/C24H24FN3O3S/c1-15-9-18(13-27(2)24(15)29)17-11-19(14-32(4,30)31)23-21(12-17)22(26-28(23)3)10-16-5-7-20(25)8-6-16/h5-9,11-13H,10,14H2,1-4H3. The maximum Gasteiger partial charge on any atom is 0.253 e. The summed E-state index contributed by atoms with van der Waals surface area (Å²) in [5.74, 6) is -0.431. The molecular weight excluding hydrogens is 429 g/mol. The van der Waals surface area contributed by atoms with Crippen LogP contribution in [0.1, 0.15) is 22.4 Å². The summed E-state index contributed by atoms with van der Waals surface area (Å²) in [5.41, 5.74) is 5.22. The van der Waals surface area contributed by atoms with E-state index in [0.29, 0.717) is 17.5 Å². The van der Waals surface area contributed by atoms with E-state index in [1.807, 2.05) is 18.2 Å². The van der Waals surface area contributed by atoms with Crippen molar-refractivity contribution in [1.82, 2.24) is 14.3 Å². The molecule has 0 N–H and O–H groups in total. The number of hydrogen-bond donors (Lipinski definition) is 0. The molecule has 6 nitrogen and oxygen atoms in total. The number of sulfone groups is 1. The largest absolute Gasteiger partial charge is 0.318 e. The first-order valence-electron chi connectivity index (χ1n) is 10.1. The molecule has 0 aliphatic rings. The molecule has 0 spiro atoms. The monoisotopic (exact) mass is 453 g/mol. The summed E-state index contributed by atoms with van der Waals surface area (Å²) in [7, 11) is 0.183. The Hall–Kier alpha value is -3.26. The fourth-order valence-corrected chi connectivity index (χ4v) is 4.89. The molecule has 2 aromatic heterocycles. The molecule has 0 bridgehead atoms. The number of nitrogens with zero attached hydrogens (tertiary/aromatic N) is 3. The van der Waals surface area contributed by atoms with Crippen LogP contribution in [0.25, 0.3) is 22.0 Å². The van der Waals surface area contributed by atoms with Gasteiger partial charge < -0.3 is 4.57 Å². The summed E-state index contributed by atoms with van der Waals surface area (Å²) < 4.78 is 40.9. The maximum absolute atomic E-state index is 13.3. The molecule has 0 unspecified atom stereocenters. The third-order valence-corrected chi connectivity index (χ3v) is 6.33. The molecule has 4 aromatic rings.